The van der Waals surface area contributed by atoms with Crippen molar-refractivity contribution in [2.24, 2.45) is 0 Å². The Bertz CT molecular complexity index is 644. The maximum Gasteiger partial charge on any atom is 0.227 e. The highest BCUT2D eigenvalue weighted by molar-refractivity contribution is 5.79. The van der Waals surface area contributed by atoms with Crippen molar-refractivity contribution in [2.45, 2.75) is 19.4 Å². The van der Waals surface area contributed by atoms with Gasteiger partial charge in [0, 0.05) is 45.1 Å². The summed E-state index contributed by atoms with van der Waals surface area (Å²) >= 11 is 0. The maximum absolute atomic E-state index is 12.5. The summed E-state index contributed by atoms with van der Waals surface area (Å²) in [6.07, 6.45) is 3.75. The van der Waals surface area contributed by atoms with Crippen LogP contribution in [0.15, 0.2) is 42.7 Å². The molecule has 3 rings (SSSR count). The number of carbonyl (C=O) groups excluding carboxylic acids is 1. The smallest absolute Gasteiger partial charge is 0.227 e. The molecule has 0 saturated carbocycles. The molecule has 0 aliphatic carbocycles. The van der Waals surface area contributed by atoms with Gasteiger partial charge in [-0.3, -0.25) is 9.69 Å². The second kappa shape index (κ2) is 7.59. The number of carbonyl (C=O) groups is 1. The molecule has 2 heterocycles. The Kier molecular flexibility index (Phi) is 5.27. The van der Waals surface area contributed by atoms with Crippen LogP contribution in [0, 0.1) is 0 Å². The van der Waals surface area contributed by atoms with Crippen LogP contribution in [0.4, 0.5) is 0 Å². The third kappa shape index (κ3) is 4.21. The number of aromatic nitrogens is 2. The minimum atomic E-state index is -0.319. The summed E-state index contributed by atoms with van der Waals surface area (Å²) in [5, 5.41) is 13.6. The van der Waals surface area contributed by atoms with Crippen LogP contribution in [0.1, 0.15) is 12.5 Å². The minimum absolute atomic E-state index is 0.165. The lowest BCUT2D eigenvalue weighted by molar-refractivity contribution is -0.132. The summed E-state index contributed by atoms with van der Waals surface area (Å²) in [7, 11) is 0. The second-order valence-corrected chi connectivity index (χ2v) is 6.32. The van der Waals surface area contributed by atoms with Crippen molar-refractivity contribution in [3.63, 3.8) is 0 Å². The number of aliphatic hydroxyl groups is 1. The van der Waals surface area contributed by atoms with E-state index in [0.29, 0.717) is 13.0 Å². The predicted octanol–water partition coefficient (Wildman–Crippen LogP) is 0.940. The molecule has 1 aliphatic heterocycles. The molecule has 1 aromatic carbocycles. The topological polar surface area (TPSA) is 61.6 Å². The Hall–Kier alpha value is -2.18. The number of aliphatic hydroxyl groups excluding tert-OH is 1. The number of piperazine rings is 1. The van der Waals surface area contributed by atoms with Crippen LogP contribution < -0.4 is 0 Å². The Labute approximate surface area is 142 Å². The molecule has 6 nitrogen and oxygen atoms in total. The molecular formula is C18H24N4O2. The van der Waals surface area contributed by atoms with Crippen molar-refractivity contribution >= 4 is 5.91 Å². The fourth-order valence-corrected chi connectivity index (χ4v) is 3.03. The van der Waals surface area contributed by atoms with Gasteiger partial charge in [0.15, 0.2) is 0 Å². The van der Waals surface area contributed by atoms with Crippen LogP contribution in [0.5, 0.6) is 0 Å². The van der Waals surface area contributed by atoms with E-state index < -0.39 is 0 Å². The van der Waals surface area contributed by atoms with Crippen molar-refractivity contribution in [1.82, 2.24) is 19.6 Å². The summed E-state index contributed by atoms with van der Waals surface area (Å²) in [4.78, 5) is 16.6. The zero-order valence-electron chi connectivity index (χ0n) is 14.0. The Balaban J connectivity index is 1.52. The highest BCUT2D eigenvalue weighted by atomic mass is 16.3. The molecule has 1 amide bonds. The lowest BCUT2D eigenvalue weighted by atomic mass is 10.1. The molecule has 1 fully saturated rings. The molecular weight excluding hydrogens is 304 g/mol. The van der Waals surface area contributed by atoms with Crippen LogP contribution in [0.3, 0.4) is 0 Å². The molecule has 24 heavy (non-hydrogen) atoms. The predicted molar refractivity (Wildman–Crippen MR) is 92.0 cm³/mol. The third-order valence-corrected chi connectivity index (χ3v) is 4.31. The molecule has 1 aliphatic rings. The molecule has 128 valence electrons. The highest BCUT2D eigenvalue weighted by Crippen LogP contribution is 2.11. The van der Waals surface area contributed by atoms with Gasteiger partial charge in [-0.2, -0.15) is 5.10 Å². The van der Waals surface area contributed by atoms with Crippen LogP contribution in [-0.2, 0) is 11.2 Å². The van der Waals surface area contributed by atoms with E-state index in [-0.39, 0.29) is 12.0 Å². The van der Waals surface area contributed by atoms with Gasteiger partial charge in [-0.25, -0.2) is 4.68 Å². The number of rotatable bonds is 5. The molecule has 1 saturated heterocycles. The summed E-state index contributed by atoms with van der Waals surface area (Å²) < 4.78 is 1.80. The van der Waals surface area contributed by atoms with Crippen molar-refractivity contribution in [3.8, 4) is 5.69 Å². The Morgan fingerprint density at radius 1 is 1.21 bits per heavy atom. The summed E-state index contributed by atoms with van der Waals surface area (Å²) in [6, 6.07) is 9.82. The highest BCUT2D eigenvalue weighted by Gasteiger charge is 2.21. The summed E-state index contributed by atoms with van der Waals surface area (Å²) in [5.41, 5.74) is 2.00. The minimum Gasteiger partial charge on any atom is -0.392 e. The van der Waals surface area contributed by atoms with E-state index in [0.717, 1.165) is 37.4 Å². The summed E-state index contributed by atoms with van der Waals surface area (Å²) in [5.74, 6) is 0.165. The van der Waals surface area contributed by atoms with Gasteiger partial charge in [0.25, 0.3) is 0 Å². The van der Waals surface area contributed by atoms with Crippen LogP contribution in [-0.4, -0.2) is 69.4 Å². The Morgan fingerprint density at radius 3 is 2.50 bits per heavy atom. The third-order valence-electron chi connectivity index (χ3n) is 4.31. The van der Waals surface area contributed by atoms with Gasteiger partial charge < -0.3 is 10.0 Å². The van der Waals surface area contributed by atoms with E-state index in [1.54, 1.807) is 17.8 Å². The van der Waals surface area contributed by atoms with E-state index in [4.69, 9.17) is 0 Å². The zero-order valence-corrected chi connectivity index (χ0v) is 14.0. The number of amides is 1. The van der Waals surface area contributed by atoms with Crippen LogP contribution in [0.25, 0.3) is 5.69 Å². The first kappa shape index (κ1) is 16.7. The van der Waals surface area contributed by atoms with Gasteiger partial charge in [0.2, 0.25) is 5.91 Å². The van der Waals surface area contributed by atoms with E-state index >= 15 is 0 Å². The van der Waals surface area contributed by atoms with Gasteiger partial charge >= 0.3 is 0 Å². The largest absolute Gasteiger partial charge is 0.392 e. The average Bonchev–Trinajstić information content (AvgIpc) is 3.10. The van der Waals surface area contributed by atoms with Crippen molar-refractivity contribution in [2.75, 3.05) is 32.7 Å². The van der Waals surface area contributed by atoms with Crippen LogP contribution in [0.2, 0.25) is 0 Å². The van der Waals surface area contributed by atoms with E-state index in [1.165, 1.54) is 0 Å². The van der Waals surface area contributed by atoms with Gasteiger partial charge in [0.05, 0.1) is 18.2 Å². The first-order valence-electron chi connectivity index (χ1n) is 8.39. The molecule has 0 unspecified atom stereocenters. The van der Waals surface area contributed by atoms with Crippen molar-refractivity contribution in [3.05, 3.63) is 48.3 Å². The Morgan fingerprint density at radius 2 is 1.92 bits per heavy atom. The quantitative estimate of drug-likeness (QED) is 0.887. The van der Waals surface area contributed by atoms with Crippen molar-refractivity contribution < 1.29 is 9.90 Å². The zero-order chi connectivity index (χ0) is 16.9. The SMILES string of the molecule is C[C@H](O)CN1CCN(C(=O)Cc2ccc(-n3cccn3)cc2)CC1. The number of hydrogen-bond acceptors (Lipinski definition) is 4. The van der Waals surface area contributed by atoms with Gasteiger partial charge in [-0.05, 0) is 30.7 Å². The number of hydrogen-bond donors (Lipinski definition) is 1. The van der Waals surface area contributed by atoms with E-state index in [2.05, 4.69) is 10.00 Å². The lowest BCUT2D eigenvalue weighted by Crippen LogP contribution is -2.50. The molecule has 0 spiro atoms. The molecule has 1 aromatic heterocycles. The fraction of sp³-hybridized carbons (Fsp3) is 0.444. The molecule has 1 N–H and O–H groups in total. The molecule has 0 radical (unpaired) electrons. The maximum atomic E-state index is 12.5. The number of nitrogens with zero attached hydrogens (tertiary/aromatic N) is 4. The first-order chi connectivity index (χ1) is 11.6. The standard InChI is InChI=1S/C18H24N4O2/c1-15(23)14-20-9-11-21(12-10-20)18(24)13-16-3-5-17(6-4-16)22-8-2-7-19-22/h2-8,15,23H,9-14H2,1H3/t15-/m0/s1. The van der Waals surface area contributed by atoms with Crippen molar-refractivity contribution in [1.29, 1.82) is 0 Å². The molecule has 1 atom stereocenters. The summed E-state index contributed by atoms with van der Waals surface area (Å²) in [6.45, 7) is 5.60. The molecule has 0 bridgehead atoms. The normalized spacial score (nSPS) is 17.0. The lowest BCUT2D eigenvalue weighted by Gasteiger charge is -2.35. The second-order valence-electron chi connectivity index (χ2n) is 6.32. The first-order valence-corrected chi connectivity index (χ1v) is 8.39. The fourth-order valence-electron chi connectivity index (χ4n) is 3.03. The van der Waals surface area contributed by atoms with E-state index in [1.807, 2.05) is 41.4 Å². The van der Waals surface area contributed by atoms with Gasteiger partial charge in [-0.15, -0.1) is 0 Å². The van der Waals surface area contributed by atoms with Gasteiger partial charge in [-0.1, -0.05) is 12.1 Å². The number of β-amino-alcohol motifs (C(OH)–C–C–N with tert-alkyl or cyclic N) is 1. The van der Waals surface area contributed by atoms with Crippen LogP contribution >= 0.6 is 0 Å². The molecule has 2 aromatic rings. The molecule has 6 heteroatoms. The van der Waals surface area contributed by atoms with Gasteiger partial charge in [0.1, 0.15) is 0 Å². The number of benzene rings is 1. The van der Waals surface area contributed by atoms with E-state index in [9.17, 15) is 9.90 Å². The monoisotopic (exact) mass is 328 g/mol. The average molecular weight is 328 g/mol.